The number of rotatable bonds is 7. The van der Waals surface area contributed by atoms with E-state index < -0.39 is 18.4 Å². The second-order valence-corrected chi connectivity index (χ2v) is 5.73. The van der Waals surface area contributed by atoms with E-state index in [9.17, 15) is 5.11 Å². The Labute approximate surface area is 143 Å². The van der Waals surface area contributed by atoms with E-state index in [2.05, 4.69) is 31.9 Å². The fraction of sp³-hybridized carbons (Fsp3) is 0.643. The Morgan fingerprint density at radius 1 is 1.56 bits per heavy atom. The summed E-state index contributed by atoms with van der Waals surface area (Å²) in [4.78, 5) is 15.3. The van der Waals surface area contributed by atoms with Gasteiger partial charge in [0.2, 0.25) is 11.8 Å². The average Bonchev–Trinajstić information content (AvgIpc) is 3.19. The number of hydrogen-bond acceptors (Lipinski definition) is 8. The van der Waals surface area contributed by atoms with E-state index >= 15 is 0 Å². The summed E-state index contributed by atoms with van der Waals surface area (Å²) in [7, 11) is 0. The Kier molecular flexibility index (Phi) is 5.17. The zero-order chi connectivity index (χ0) is 17.8. The third-order valence-electron chi connectivity index (χ3n) is 4.04. The molecule has 2 aromatic rings. The molecule has 0 amide bonds. The van der Waals surface area contributed by atoms with E-state index in [0.717, 1.165) is 12.8 Å². The van der Waals surface area contributed by atoms with Crippen LogP contribution in [0.4, 0.5) is 5.95 Å². The third-order valence-corrected chi connectivity index (χ3v) is 4.04. The summed E-state index contributed by atoms with van der Waals surface area (Å²) >= 11 is 0. The van der Waals surface area contributed by atoms with Gasteiger partial charge in [0.15, 0.2) is 11.2 Å². The van der Waals surface area contributed by atoms with Crippen molar-refractivity contribution in [1.29, 1.82) is 0 Å². The van der Waals surface area contributed by atoms with Crippen LogP contribution in [0.25, 0.3) is 21.6 Å². The summed E-state index contributed by atoms with van der Waals surface area (Å²) < 4.78 is 13.3. The van der Waals surface area contributed by atoms with Crippen molar-refractivity contribution in [3.05, 3.63) is 16.8 Å². The van der Waals surface area contributed by atoms with Crippen LogP contribution in [0.3, 0.4) is 0 Å². The minimum absolute atomic E-state index is 0.0804. The summed E-state index contributed by atoms with van der Waals surface area (Å²) in [5, 5.41) is 13.1. The van der Waals surface area contributed by atoms with Crippen LogP contribution in [0.5, 0.6) is 5.88 Å². The Morgan fingerprint density at radius 3 is 3.12 bits per heavy atom. The van der Waals surface area contributed by atoms with Crippen molar-refractivity contribution in [2.75, 3.05) is 18.9 Å². The maximum atomic E-state index is 9.43. The monoisotopic (exact) mass is 348 g/mol. The molecular formula is C14H20N8O3. The van der Waals surface area contributed by atoms with E-state index in [1.165, 1.54) is 0 Å². The number of nitrogens with two attached hydrogens (primary N) is 1. The molecule has 25 heavy (non-hydrogen) atoms. The summed E-state index contributed by atoms with van der Waals surface area (Å²) in [6.07, 6.45) is 2.78. The molecule has 1 aliphatic heterocycles. The third kappa shape index (κ3) is 3.43. The van der Waals surface area contributed by atoms with E-state index in [0.29, 0.717) is 30.1 Å². The molecule has 0 aromatic carbocycles. The number of fused-ring (bicyclic) bond motifs is 1. The first-order valence-corrected chi connectivity index (χ1v) is 8.11. The highest BCUT2D eigenvalue weighted by atomic mass is 16.5. The molecule has 1 fully saturated rings. The molecule has 2 aromatic heterocycles. The minimum Gasteiger partial charge on any atom is -0.476 e. The van der Waals surface area contributed by atoms with Crippen molar-refractivity contribution in [2.24, 2.45) is 5.11 Å². The van der Waals surface area contributed by atoms with Crippen molar-refractivity contribution >= 4 is 17.1 Å². The molecule has 11 nitrogen and oxygen atoms in total. The lowest BCUT2D eigenvalue weighted by molar-refractivity contribution is -0.0232. The molecule has 1 unspecified atom stereocenters. The molecule has 11 heteroatoms. The Balaban J connectivity index is 1.95. The SMILES string of the molecule is CCCCOc1nc(N)nc2ncn([C@H]3CC(N=[N+]=[N-])[C@@H](CO)O3)c12. The van der Waals surface area contributed by atoms with Crippen LogP contribution in [0, 0.1) is 0 Å². The zero-order valence-corrected chi connectivity index (χ0v) is 13.8. The van der Waals surface area contributed by atoms with Gasteiger partial charge >= 0.3 is 0 Å². The number of aromatic nitrogens is 4. The van der Waals surface area contributed by atoms with Gasteiger partial charge in [-0.25, -0.2) is 4.98 Å². The second kappa shape index (κ2) is 7.51. The molecule has 0 radical (unpaired) electrons. The first kappa shape index (κ1) is 17.2. The Hall–Kier alpha value is -2.62. The van der Waals surface area contributed by atoms with Crippen molar-refractivity contribution in [1.82, 2.24) is 19.5 Å². The number of aliphatic hydroxyl groups excluding tert-OH is 1. The van der Waals surface area contributed by atoms with E-state index in [-0.39, 0.29) is 12.6 Å². The van der Waals surface area contributed by atoms with Gasteiger partial charge in [-0.1, -0.05) is 18.5 Å². The first-order valence-electron chi connectivity index (χ1n) is 8.11. The quantitative estimate of drug-likeness (QED) is 0.332. The smallest absolute Gasteiger partial charge is 0.245 e. The van der Waals surface area contributed by atoms with Crippen LogP contribution in [0.1, 0.15) is 32.4 Å². The van der Waals surface area contributed by atoms with Crippen molar-refractivity contribution in [3.63, 3.8) is 0 Å². The number of azide groups is 1. The van der Waals surface area contributed by atoms with Gasteiger partial charge < -0.3 is 20.3 Å². The lowest BCUT2D eigenvalue weighted by Crippen LogP contribution is -2.22. The van der Waals surface area contributed by atoms with Crippen LogP contribution in [0.2, 0.25) is 0 Å². The fourth-order valence-electron chi connectivity index (χ4n) is 2.80. The molecule has 3 heterocycles. The number of nitrogens with zero attached hydrogens (tertiary/aromatic N) is 7. The topological polar surface area (TPSA) is 157 Å². The van der Waals surface area contributed by atoms with Gasteiger partial charge in [0.25, 0.3) is 0 Å². The number of ether oxygens (including phenoxy) is 2. The minimum atomic E-state index is -0.572. The van der Waals surface area contributed by atoms with Gasteiger partial charge in [-0.15, -0.1) is 0 Å². The van der Waals surface area contributed by atoms with E-state index in [1.807, 2.05) is 0 Å². The summed E-state index contributed by atoms with van der Waals surface area (Å²) in [6.45, 7) is 2.32. The maximum absolute atomic E-state index is 9.43. The normalized spacial score (nSPS) is 22.9. The van der Waals surface area contributed by atoms with Crippen LogP contribution in [-0.2, 0) is 4.74 Å². The molecule has 134 valence electrons. The molecule has 3 atom stereocenters. The summed E-state index contributed by atoms with van der Waals surface area (Å²) in [5.41, 5.74) is 15.4. The Bertz CT molecular complexity index is 788. The number of hydrogen-bond donors (Lipinski definition) is 2. The van der Waals surface area contributed by atoms with Gasteiger partial charge in [-0.2, -0.15) is 9.97 Å². The van der Waals surface area contributed by atoms with Crippen molar-refractivity contribution in [2.45, 2.75) is 44.6 Å². The van der Waals surface area contributed by atoms with Gasteiger partial charge in [-0.05, 0) is 12.0 Å². The van der Waals surface area contributed by atoms with Gasteiger partial charge in [0.05, 0.1) is 31.7 Å². The second-order valence-electron chi connectivity index (χ2n) is 5.73. The standard InChI is InChI=1S/C14H20N8O3/c1-2-3-4-24-13-11-12(18-14(15)19-13)17-7-22(11)10-5-8(20-21-16)9(6-23)25-10/h7-10,23H,2-6H2,1H3,(H2,15,18,19)/t8?,9-,10-/m1/s1. The number of anilines is 1. The lowest BCUT2D eigenvalue weighted by Gasteiger charge is -2.15. The highest BCUT2D eigenvalue weighted by Gasteiger charge is 2.36. The molecule has 1 saturated heterocycles. The highest BCUT2D eigenvalue weighted by Crippen LogP contribution is 2.35. The number of nitrogen functional groups attached to an aromatic ring is 1. The zero-order valence-electron chi connectivity index (χ0n) is 13.8. The lowest BCUT2D eigenvalue weighted by atomic mass is 10.1. The van der Waals surface area contributed by atoms with Crippen LogP contribution in [0.15, 0.2) is 11.4 Å². The van der Waals surface area contributed by atoms with Crippen molar-refractivity contribution in [3.8, 4) is 5.88 Å². The number of imidazole rings is 1. The largest absolute Gasteiger partial charge is 0.476 e. The molecule has 0 aliphatic carbocycles. The van der Waals surface area contributed by atoms with Crippen LogP contribution < -0.4 is 10.5 Å². The molecule has 0 saturated carbocycles. The predicted octanol–water partition coefficient (Wildman–Crippen LogP) is 1.55. The summed E-state index contributed by atoms with van der Waals surface area (Å²) in [6, 6.07) is -0.461. The van der Waals surface area contributed by atoms with Crippen LogP contribution in [-0.4, -0.2) is 50.0 Å². The number of unbranched alkanes of at least 4 members (excludes halogenated alkanes) is 1. The highest BCUT2D eigenvalue weighted by molar-refractivity contribution is 5.77. The van der Waals surface area contributed by atoms with Crippen LogP contribution >= 0.6 is 0 Å². The molecule has 0 bridgehead atoms. The summed E-state index contributed by atoms with van der Waals surface area (Å²) in [5.74, 6) is 0.418. The predicted molar refractivity (Wildman–Crippen MR) is 88.7 cm³/mol. The van der Waals surface area contributed by atoms with E-state index in [4.69, 9.17) is 20.7 Å². The molecule has 0 spiro atoms. The maximum Gasteiger partial charge on any atom is 0.245 e. The Morgan fingerprint density at radius 2 is 2.40 bits per heavy atom. The first-order chi connectivity index (χ1) is 12.2. The number of aliphatic hydroxyl groups is 1. The van der Waals surface area contributed by atoms with Gasteiger partial charge in [0, 0.05) is 11.3 Å². The van der Waals surface area contributed by atoms with E-state index in [1.54, 1.807) is 10.9 Å². The fourth-order valence-corrected chi connectivity index (χ4v) is 2.80. The molecule has 3 rings (SSSR count). The molecule has 3 N–H and O–H groups in total. The average molecular weight is 348 g/mol. The van der Waals surface area contributed by atoms with Gasteiger partial charge in [-0.3, -0.25) is 4.57 Å². The van der Waals surface area contributed by atoms with Crippen molar-refractivity contribution < 1.29 is 14.6 Å². The molecular weight excluding hydrogens is 328 g/mol. The molecule has 1 aliphatic rings. The van der Waals surface area contributed by atoms with Gasteiger partial charge in [0.1, 0.15) is 6.23 Å².